The van der Waals surface area contributed by atoms with Crippen molar-refractivity contribution in [3.05, 3.63) is 34.7 Å². The molecule has 11 heteroatoms. The highest BCUT2D eigenvalue weighted by Crippen LogP contribution is 2.36. The molecule has 2 aliphatic heterocycles. The van der Waals surface area contributed by atoms with Gasteiger partial charge in [0.2, 0.25) is 12.7 Å². The number of nitrogens with one attached hydrogen (secondary N) is 2. The largest absolute Gasteiger partial charge is 0.454 e. The molecule has 0 radical (unpaired) electrons. The molecule has 0 saturated carbocycles. The van der Waals surface area contributed by atoms with Crippen molar-refractivity contribution < 1.29 is 19.1 Å². The third kappa shape index (κ3) is 3.61. The molecule has 2 N–H and O–H groups in total. The third-order valence-corrected chi connectivity index (χ3v) is 6.06. The molecule has 0 atom stereocenters. The van der Waals surface area contributed by atoms with Gasteiger partial charge in [-0.3, -0.25) is 9.69 Å². The van der Waals surface area contributed by atoms with Crippen LogP contribution in [0.25, 0.3) is 11.3 Å². The molecule has 29 heavy (non-hydrogen) atoms. The van der Waals surface area contributed by atoms with Gasteiger partial charge in [0.25, 0.3) is 0 Å². The van der Waals surface area contributed by atoms with E-state index in [0.29, 0.717) is 40.5 Å². The number of rotatable bonds is 5. The summed E-state index contributed by atoms with van der Waals surface area (Å²) in [6.07, 6.45) is 0.116. The number of anilines is 2. The van der Waals surface area contributed by atoms with E-state index in [1.54, 1.807) is 10.3 Å². The molecule has 1 aromatic carbocycles. The van der Waals surface area contributed by atoms with E-state index in [0.717, 1.165) is 11.3 Å². The number of carbonyl (C=O) groups excluding carboxylic acids is 2. The average Bonchev–Trinajstić information content (AvgIpc) is 3.48. The molecule has 3 aromatic rings. The quantitative estimate of drug-likeness (QED) is 0.646. The Balaban J connectivity index is 1.23. The van der Waals surface area contributed by atoms with Crippen molar-refractivity contribution in [1.29, 1.82) is 0 Å². The Morgan fingerprint density at radius 3 is 2.97 bits per heavy atom. The first-order chi connectivity index (χ1) is 14.2. The highest BCUT2D eigenvalue weighted by Gasteiger charge is 2.24. The number of ether oxygens (including phenoxy) is 2. The van der Waals surface area contributed by atoms with Crippen LogP contribution in [0, 0.1) is 0 Å². The van der Waals surface area contributed by atoms with E-state index >= 15 is 0 Å². The van der Waals surface area contributed by atoms with E-state index in [2.05, 4.69) is 20.6 Å². The maximum Gasteiger partial charge on any atom is 0.323 e. The number of hydrogen-bond acceptors (Lipinski definition) is 8. The molecule has 0 aliphatic carbocycles. The molecule has 2 aliphatic rings. The van der Waals surface area contributed by atoms with Crippen LogP contribution >= 0.6 is 22.7 Å². The van der Waals surface area contributed by atoms with Gasteiger partial charge in [-0.2, -0.15) is 0 Å². The number of carbonyl (C=O) groups is 2. The van der Waals surface area contributed by atoms with E-state index in [1.807, 2.05) is 23.6 Å². The van der Waals surface area contributed by atoms with E-state index in [-0.39, 0.29) is 25.2 Å². The molecule has 0 bridgehead atoms. The smallest absolute Gasteiger partial charge is 0.323 e. The van der Waals surface area contributed by atoms with E-state index < -0.39 is 0 Å². The molecule has 1 fully saturated rings. The van der Waals surface area contributed by atoms with Gasteiger partial charge < -0.3 is 20.1 Å². The molecule has 4 heterocycles. The van der Waals surface area contributed by atoms with Gasteiger partial charge in [0.15, 0.2) is 21.8 Å². The van der Waals surface area contributed by atoms with Gasteiger partial charge >= 0.3 is 6.03 Å². The van der Waals surface area contributed by atoms with Crippen LogP contribution in [0.4, 0.5) is 15.1 Å². The lowest BCUT2D eigenvalue weighted by molar-refractivity contribution is -0.115. The van der Waals surface area contributed by atoms with Gasteiger partial charge in [-0.25, -0.2) is 14.8 Å². The van der Waals surface area contributed by atoms with Gasteiger partial charge in [-0.05, 0) is 18.2 Å². The minimum Gasteiger partial charge on any atom is -0.454 e. The van der Waals surface area contributed by atoms with Crippen LogP contribution in [0.2, 0.25) is 0 Å². The Morgan fingerprint density at radius 2 is 2.10 bits per heavy atom. The Hall–Kier alpha value is -3.18. The normalized spacial score (nSPS) is 14.9. The summed E-state index contributed by atoms with van der Waals surface area (Å²) >= 11 is 2.70. The zero-order valence-corrected chi connectivity index (χ0v) is 16.6. The van der Waals surface area contributed by atoms with Crippen molar-refractivity contribution >= 4 is 44.9 Å². The van der Waals surface area contributed by atoms with Gasteiger partial charge in [0.05, 0.1) is 17.8 Å². The van der Waals surface area contributed by atoms with E-state index in [1.165, 1.54) is 22.7 Å². The van der Waals surface area contributed by atoms with Crippen molar-refractivity contribution in [2.75, 3.05) is 30.1 Å². The lowest BCUT2D eigenvalue weighted by atomic mass is 10.1. The van der Waals surface area contributed by atoms with Crippen molar-refractivity contribution in [3.63, 3.8) is 0 Å². The standard InChI is InChI=1S/C18H15N5O4S2/c24-15(6-11-7-29-18(20-11)23-4-3-19-17(23)25)22-16-21-12(8-28-16)10-1-2-13-14(5-10)27-9-26-13/h1-2,5,7-8H,3-4,6,9H2,(H,19,25)(H,21,22,24). The highest BCUT2D eigenvalue weighted by molar-refractivity contribution is 7.14. The fourth-order valence-corrected chi connectivity index (χ4v) is 4.59. The lowest BCUT2D eigenvalue weighted by Gasteiger charge is -2.08. The number of urea groups is 1. The fourth-order valence-electron chi connectivity index (χ4n) is 3.00. The average molecular weight is 429 g/mol. The molecule has 1 saturated heterocycles. The molecule has 0 unspecified atom stereocenters. The number of aromatic nitrogens is 2. The Bertz CT molecular complexity index is 1100. The molecule has 148 valence electrons. The summed E-state index contributed by atoms with van der Waals surface area (Å²) in [6.45, 7) is 1.40. The van der Waals surface area contributed by atoms with Gasteiger partial charge in [-0.1, -0.05) is 0 Å². The Labute approximate surface area is 173 Å². The minimum atomic E-state index is -0.209. The SMILES string of the molecule is O=C(Cc1csc(N2CCNC2=O)n1)Nc1nc(-c2ccc3c(c2)OCO3)cs1. The van der Waals surface area contributed by atoms with Crippen molar-refractivity contribution in [2.24, 2.45) is 0 Å². The van der Waals surface area contributed by atoms with Crippen LogP contribution in [0.5, 0.6) is 11.5 Å². The fraction of sp³-hybridized carbons (Fsp3) is 0.222. The molecule has 0 spiro atoms. The molecule has 9 nitrogen and oxygen atoms in total. The Morgan fingerprint density at radius 1 is 1.21 bits per heavy atom. The minimum absolute atomic E-state index is 0.116. The third-order valence-electron chi connectivity index (χ3n) is 4.39. The monoisotopic (exact) mass is 429 g/mol. The van der Waals surface area contributed by atoms with Crippen LogP contribution in [-0.2, 0) is 11.2 Å². The number of hydrogen-bond donors (Lipinski definition) is 2. The summed E-state index contributed by atoms with van der Waals surface area (Å²) in [6, 6.07) is 5.46. The summed E-state index contributed by atoms with van der Waals surface area (Å²) in [5.74, 6) is 1.19. The first-order valence-corrected chi connectivity index (χ1v) is 10.6. The van der Waals surface area contributed by atoms with Crippen LogP contribution < -0.4 is 25.0 Å². The number of thiazole rings is 2. The van der Waals surface area contributed by atoms with Gasteiger partial charge in [0, 0.05) is 29.4 Å². The first kappa shape index (κ1) is 17.9. The number of fused-ring (bicyclic) bond motifs is 1. The van der Waals surface area contributed by atoms with Crippen molar-refractivity contribution in [2.45, 2.75) is 6.42 Å². The predicted molar refractivity (Wildman–Crippen MR) is 109 cm³/mol. The maximum atomic E-state index is 12.4. The van der Waals surface area contributed by atoms with Crippen LogP contribution in [-0.4, -0.2) is 41.8 Å². The second kappa shape index (κ2) is 7.33. The first-order valence-electron chi connectivity index (χ1n) is 8.81. The Kier molecular flexibility index (Phi) is 4.52. The summed E-state index contributed by atoms with van der Waals surface area (Å²) in [4.78, 5) is 34.5. The summed E-state index contributed by atoms with van der Waals surface area (Å²) in [5.41, 5.74) is 2.26. The topological polar surface area (TPSA) is 106 Å². The second-order valence-electron chi connectivity index (χ2n) is 6.34. The number of nitrogens with zero attached hydrogens (tertiary/aromatic N) is 3. The number of benzene rings is 1. The van der Waals surface area contributed by atoms with Crippen LogP contribution in [0.3, 0.4) is 0 Å². The molecule has 3 amide bonds. The molecular formula is C18H15N5O4S2. The molecular weight excluding hydrogens is 414 g/mol. The molecule has 5 rings (SSSR count). The van der Waals surface area contributed by atoms with Crippen molar-refractivity contribution in [1.82, 2.24) is 15.3 Å². The zero-order chi connectivity index (χ0) is 19.8. The summed E-state index contributed by atoms with van der Waals surface area (Å²) in [5, 5.41) is 10.3. The van der Waals surface area contributed by atoms with Gasteiger partial charge in [0.1, 0.15) is 0 Å². The highest BCUT2D eigenvalue weighted by atomic mass is 32.1. The van der Waals surface area contributed by atoms with Crippen LogP contribution in [0.1, 0.15) is 5.69 Å². The van der Waals surface area contributed by atoms with E-state index in [9.17, 15) is 9.59 Å². The lowest BCUT2D eigenvalue weighted by Crippen LogP contribution is -2.27. The van der Waals surface area contributed by atoms with E-state index in [4.69, 9.17) is 9.47 Å². The maximum absolute atomic E-state index is 12.4. The summed E-state index contributed by atoms with van der Waals surface area (Å²) < 4.78 is 10.7. The zero-order valence-electron chi connectivity index (χ0n) is 15.0. The van der Waals surface area contributed by atoms with Crippen LogP contribution in [0.15, 0.2) is 29.0 Å². The predicted octanol–water partition coefficient (Wildman–Crippen LogP) is 2.71. The molecule has 2 aromatic heterocycles. The summed E-state index contributed by atoms with van der Waals surface area (Å²) in [7, 11) is 0. The second-order valence-corrected chi connectivity index (χ2v) is 8.03. The van der Waals surface area contributed by atoms with Crippen molar-refractivity contribution in [3.8, 4) is 22.8 Å². The van der Waals surface area contributed by atoms with Gasteiger partial charge in [-0.15, -0.1) is 22.7 Å². The number of amides is 3.